The molecular formula is C16H16IN3O2. The van der Waals surface area contributed by atoms with Crippen LogP contribution in [0.3, 0.4) is 0 Å². The maximum Gasteiger partial charge on any atom is 0.259 e. The zero-order valence-electron chi connectivity index (χ0n) is 12.0. The van der Waals surface area contributed by atoms with E-state index in [1.54, 1.807) is 24.3 Å². The minimum Gasteiger partial charge on any atom is -0.507 e. The molecule has 6 heteroatoms. The predicted octanol–water partition coefficient (Wildman–Crippen LogP) is 2.87. The molecule has 1 amide bonds. The lowest BCUT2D eigenvalue weighted by Gasteiger charge is -2.08. The van der Waals surface area contributed by atoms with Crippen LogP contribution in [-0.2, 0) is 4.79 Å². The van der Waals surface area contributed by atoms with Crippen LogP contribution in [-0.4, -0.2) is 23.8 Å². The smallest absolute Gasteiger partial charge is 0.259 e. The number of rotatable bonds is 5. The highest BCUT2D eigenvalue weighted by atomic mass is 127. The van der Waals surface area contributed by atoms with Gasteiger partial charge in [-0.3, -0.25) is 4.79 Å². The highest BCUT2D eigenvalue weighted by molar-refractivity contribution is 14.1. The van der Waals surface area contributed by atoms with Crippen molar-refractivity contribution in [3.05, 3.63) is 57.2 Å². The first-order valence-electron chi connectivity index (χ1n) is 6.66. The first kappa shape index (κ1) is 16.3. The molecule has 0 atom stereocenters. The van der Waals surface area contributed by atoms with Gasteiger partial charge >= 0.3 is 0 Å². The summed E-state index contributed by atoms with van der Waals surface area (Å²) in [6.45, 7) is 2.11. The summed E-state index contributed by atoms with van der Waals surface area (Å²) >= 11 is 2.24. The zero-order chi connectivity index (χ0) is 15.9. The number of nitrogens with zero attached hydrogens (tertiary/aromatic N) is 1. The Morgan fingerprint density at radius 3 is 2.82 bits per heavy atom. The van der Waals surface area contributed by atoms with E-state index in [0.717, 1.165) is 14.8 Å². The second-order valence-electron chi connectivity index (χ2n) is 4.66. The fraction of sp³-hybridized carbons (Fsp3) is 0.125. The van der Waals surface area contributed by atoms with Gasteiger partial charge in [-0.2, -0.15) is 5.10 Å². The van der Waals surface area contributed by atoms with Gasteiger partial charge in [0.25, 0.3) is 5.91 Å². The number of aromatic hydroxyl groups is 1. The molecule has 2 aromatic rings. The number of halogens is 1. The fourth-order valence-electron chi connectivity index (χ4n) is 1.81. The number of phenols is 1. The fourth-order valence-corrected chi connectivity index (χ4v) is 2.46. The van der Waals surface area contributed by atoms with Crippen molar-refractivity contribution in [1.82, 2.24) is 5.43 Å². The lowest BCUT2D eigenvalue weighted by Crippen LogP contribution is -2.26. The number of anilines is 1. The molecule has 0 spiro atoms. The molecule has 0 aromatic heterocycles. The molecule has 22 heavy (non-hydrogen) atoms. The maximum absolute atomic E-state index is 11.7. The number of nitrogens with one attached hydrogen (secondary N) is 2. The molecule has 0 aliphatic carbocycles. The number of carbonyl (C=O) groups is 1. The van der Waals surface area contributed by atoms with E-state index in [0.29, 0.717) is 5.56 Å². The molecule has 0 saturated heterocycles. The van der Waals surface area contributed by atoms with Crippen molar-refractivity contribution in [3.63, 3.8) is 0 Å². The van der Waals surface area contributed by atoms with Gasteiger partial charge in [0.05, 0.1) is 12.8 Å². The minimum atomic E-state index is -0.260. The summed E-state index contributed by atoms with van der Waals surface area (Å²) in [5.41, 5.74) is 4.96. The lowest BCUT2D eigenvalue weighted by atomic mass is 10.2. The number of hydrazone groups is 1. The minimum absolute atomic E-state index is 0.119. The van der Waals surface area contributed by atoms with Gasteiger partial charge in [0.15, 0.2) is 0 Å². The number of para-hydroxylation sites is 1. The first-order chi connectivity index (χ1) is 10.6. The van der Waals surface area contributed by atoms with Crippen LogP contribution in [0.4, 0.5) is 5.69 Å². The monoisotopic (exact) mass is 409 g/mol. The molecule has 3 N–H and O–H groups in total. The van der Waals surface area contributed by atoms with Crippen LogP contribution >= 0.6 is 22.6 Å². The Bertz CT molecular complexity index is 702. The summed E-state index contributed by atoms with van der Waals surface area (Å²) in [5.74, 6) is -0.141. The maximum atomic E-state index is 11.7. The molecule has 2 aromatic carbocycles. The van der Waals surface area contributed by atoms with E-state index in [-0.39, 0.29) is 18.2 Å². The van der Waals surface area contributed by atoms with Crippen LogP contribution in [0, 0.1) is 10.5 Å². The summed E-state index contributed by atoms with van der Waals surface area (Å²) in [5, 5.41) is 16.5. The SMILES string of the molecule is Cc1cc(I)ccc1NCC(=O)NN=Cc1ccccc1O. The number of amides is 1. The molecule has 0 bridgehead atoms. The van der Waals surface area contributed by atoms with Crippen LogP contribution in [0.1, 0.15) is 11.1 Å². The Morgan fingerprint density at radius 2 is 2.09 bits per heavy atom. The number of hydrogen-bond donors (Lipinski definition) is 3. The second-order valence-corrected chi connectivity index (χ2v) is 5.91. The number of carbonyl (C=O) groups excluding carboxylic acids is 1. The summed E-state index contributed by atoms with van der Waals surface area (Å²) < 4.78 is 1.15. The van der Waals surface area contributed by atoms with Gasteiger partial charge in [0, 0.05) is 14.8 Å². The first-order valence-corrected chi connectivity index (χ1v) is 7.74. The molecule has 0 heterocycles. The molecule has 5 nitrogen and oxygen atoms in total. The zero-order valence-corrected chi connectivity index (χ0v) is 14.2. The average molecular weight is 409 g/mol. The highest BCUT2D eigenvalue weighted by Crippen LogP contribution is 2.17. The Hall–Kier alpha value is -2.09. The van der Waals surface area contributed by atoms with Crippen LogP contribution in [0.5, 0.6) is 5.75 Å². The number of benzene rings is 2. The van der Waals surface area contributed by atoms with Crippen LogP contribution in [0.25, 0.3) is 0 Å². The Labute approximate surface area is 142 Å². The van der Waals surface area contributed by atoms with E-state index in [2.05, 4.69) is 38.4 Å². The van der Waals surface area contributed by atoms with Gasteiger partial charge in [-0.1, -0.05) is 12.1 Å². The van der Waals surface area contributed by atoms with E-state index in [1.165, 1.54) is 6.21 Å². The normalized spacial score (nSPS) is 10.6. The predicted molar refractivity (Wildman–Crippen MR) is 96.2 cm³/mol. The molecule has 0 fully saturated rings. The van der Waals surface area contributed by atoms with Crippen molar-refractivity contribution in [1.29, 1.82) is 0 Å². The topological polar surface area (TPSA) is 73.7 Å². The number of hydrogen-bond acceptors (Lipinski definition) is 4. The van der Waals surface area contributed by atoms with E-state index in [4.69, 9.17) is 0 Å². The molecule has 0 aliphatic heterocycles. The van der Waals surface area contributed by atoms with Crippen molar-refractivity contribution in [3.8, 4) is 5.75 Å². The average Bonchev–Trinajstić information content (AvgIpc) is 2.48. The summed E-state index contributed by atoms with van der Waals surface area (Å²) in [4.78, 5) is 11.7. The lowest BCUT2D eigenvalue weighted by molar-refractivity contribution is -0.119. The van der Waals surface area contributed by atoms with Gasteiger partial charge in [0.1, 0.15) is 5.75 Å². The van der Waals surface area contributed by atoms with Gasteiger partial charge in [-0.15, -0.1) is 0 Å². The van der Waals surface area contributed by atoms with Crippen LogP contribution in [0.15, 0.2) is 47.6 Å². The van der Waals surface area contributed by atoms with E-state index in [9.17, 15) is 9.90 Å². The standard InChI is InChI=1S/C16H16IN3O2/c1-11-8-13(17)6-7-14(11)18-10-16(22)20-19-9-12-4-2-3-5-15(12)21/h2-9,18,21H,10H2,1H3,(H,20,22). The molecule has 114 valence electrons. The van der Waals surface area contributed by atoms with Gasteiger partial charge in [-0.25, -0.2) is 5.43 Å². The summed E-state index contributed by atoms with van der Waals surface area (Å²) in [6.07, 6.45) is 1.41. The van der Waals surface area contributed by atoms with Crippen LogP contribution in [0.2, 0.25) is 0 Å². The molecule has 0 saturated carbocycles. The number of aryl methyl sites for hydroxylation is 1. The third kappa shape index (κ3) is 4.73. The molecule has 0 aliphatic rings. The largest absolute Gasteiger partial charge is 0.507 e. The van der Waals surface area contributed by atoms with Crippen LogP contribution < -0.4 is 10.7 Å². The molecule has 0 radical (unpaired) electrons. The van der Waals surface area contributed by atoms with E-state index >= 15 is 0 Å². The van der Waals surface area contributed by atoms with E-state index < -0.39 is 0 Å². The van der Waals surface area contributed by atoms with Crippen molar-refractivity contribution in [2.75, 3.05) is 11.9 Å². The molecular weight excluding hydrogens is 393 g/mol. The summed E-state index contributed by atoms with van der Waals surface area (Å²) in [7, 11) is 0. The summed E-state index contributed by atoms with van der Waals surface area (Å²) in [6, 6.07) is 12.7. The number of phenolic OH excluding ortho intramolecular Hbond substituents is 1. The van der Waals surface area contributed by atoms with Crippen molar-refractivity contribution < 1.29 is 9.90 Å². The Kier molecular flexibility index (Phi) is 5.76. The van der Waals surface area contributed by atoms with Crippen molar-refractivity contribution in [2.24, 2.45) is 5.10 Å². The van der Waals surface area contributed by atoms with E-state index in [1.807, 2.05) is 25.1 Å². The Balaban J connectivity index is 1.84. The third-order valence-electron chi connectivity index (χ3n) is 2.96. The molecule has 2 rings (SSSR count). The molecule has 0 unspecified atom stereocenters. The van der Waals surface area contributed by atoms with Gasteiger partial charge < -0.3 is 10.4 Å². The quantitative estimate of drug-likeness (QED) is 0.404. The second kappa shape index (κ2) is 7.79. The Morgan fingerprint density at radius 1 is 1.32 bits per heavy atom. The van der Waals surface area contributed by atoms with Crippen molar-refractivity contribution >= 4 is 40.4 Å². The van der Waals surface area contributed by atoms with Gasteiger partial charge in [-0.05, 0) is 65.4 Å². The highest BCUT2D eigenvalue weighted by Gasteiger charge is 2.02. The van der Waals surface area contributed by atoms with Gasteiger partial charge in [0.2, 0.25) is 0 Å². The van der Waals surface area contributed by atoms with Crippen molar-refractivity contribution in [2.45, 2.75) is 6.92 Å². The third-order valence-corrected chi connectivity index (χ3v) is 3.63.